The molecule has 4 heteroatoms. The first-order valence-corrected chi connectivity index (χ1v) is 7.62. The third-order valence-corrected chi connectivity index (χ3v) is 4.38. The van der Waals surface area contributed by atoms with Gasteiger partial charge in [-0.3, -0.25) is 9.80 Å². The molecule has 1 fully saturated rings. The first-order valence-electron chi connectivity index (χ1n) is 6.39. The van der Waals surface area contributed by atoms with Crippen LogP contribution in [-0.2, 0) is 6.54 Å². The Morgan fingerprint density at radius 1 is 1.28 bits per heavy atom. The Bertz CT molecular complexity index is 369. The molecule has 1 saturated heterocycles. The molecule has 1 aromatic carbocycles. The summed E-state index contributed by atoms with van der Waals surface area (Å²) < 4.78 is 0. The van der Waals surface area contributed by atoms with Gasteiger partial charge in [0.25, 0.3) is 0 Å². The maximum Gasteiger partial charge on any atom is 0.0599 e. The lowest BCUT2D eigenvalue weighted by Crippen LogP contribution is -2.52. The van der Waals surface area contributed by atoms with E-state index < -0.39 is 0 Å². The molecule has 0 saturated carbocycles. The van der Waals surface area contributed by atoms with Gasteiger partial charge in [-0.2, -0.15) is 0 Å². The van der Waals surface area contributed by atoms with Crippen LogP contribution in [0.1, 0.15) is 5.56 Å². The molecule has 1 aromatic rings. The van der Waals surface area contributed by atoms with Crippen LogP contribution in [-0.4, -0.2) is 60.5 Å². The molecule has 1 aliphatic heterocycles. The molecule has 100 valence electrons. The zero-order chi connectivity index (χ0) is 13.0. The summed E-state index contributed by atoms with van der Waals surface area (Å²) >= 11 is 1.77. The molecule has 18 heavy (non-hydrogen) atoms. The van der Waals surface area contributed by atoms with E-state index in [1.54, 1.807) is 11.8 Å². The molecule has 1 heterocycles. The first-order chi connectivity index (χ1) is 8.72. The number of likely N-dealkylation sites (N-methyl/N-ethyl adjacent to an activating group) is 1. The normalized spacial score (nSPS) is 22.3. The van der Waals surface area contributed by atoms with Crippen molar-refractivity contribution < 1.29 is 5.11 Å². The van der Waals surface area contributed by atoms with Crippen LogP contribution in [0, 0.1) is 0 Å². The van der Waals surface area contributed by atoms with Crippen LogP contribution in [0.4, 0.5) is 0 Å². The van der Waals surface area contributed by atoms with Crippen LogP contribution in [0.25, 0.3) is 0 Å². The number of piperazine rings is 1. The highest BCUT2D eigenvalue weighted by molar-refractivity contribution is 7.98. The quantitative estimate of drug-likeness (QED) is 0.836. The monoisotopic (exact) mass is 266 g/mol. The third-order valence-electron chi connectivity index (χ3n) is 3.64. The van der Waals surface area contributed by atoms with Crippen molar-refractivity contribution in [2.45, 2.75) is 17.5 Å². The van der Waals surface area contributed by atoms with E-state index in [0.29, 0.717) is 0 Å². The van der Waals surface area contributed by atoms with Gasteiger partial charge in [0.1, 0.15) is 0 Å². The Hall–Kier alpha value is -0.550. The molecule has 0 aromatic heterocycles. The number of rotatable bonds is 4. The van der Waals surface area contributed by atoms with Gasteiger partial charge in [0, 0.05) is 37.1 Å². The van der Waals surface area contributed by atoms with Crippen LogP contribution in [0.2, 0.25) is 0 Å². The second kappa shape index (κ2) is 6.57. The van der Waals surface area contributed by atoms with E-state index in [1.807, 2.05) is 0 Å². The predicted molar refractivity (Wildman–Crippen MR) is 77.0 cm³/mol. The minimum Gasteiger partial charge on any atom is -0.395 e. The fraction of sp³-hybridized carbons (Fsp3) is 0.571. The Morgan fingerprint density at radius 3 is 2.61 bits per heavy atom. The molecule has 1 aliphatic rings. The number of aliphatic hydroxyl groups is 1. The lowest BCUT2D eigenvalue weighted by Gasteiger charge is -2.38. The molecule has 0 bridgehead atoms. The van der Waals surface area contributed by atoms with Crippen LogP contribution < -0.4 is 0 Å². The highest BCUT2D eigenvalue weighted by atomic mass is 32.2. The predicted octanol–water partition coefficient (Wildman–Crippen LogP) is 1.52. The van der Waals surface area contributed by atoms with Crippen molar-refractivity contribution in [3.8, 4) is 0 Å². The van der Waals surface area contributed by atoms with Gasteiger partial charge in [-0.05, 0) is 31.0 Å². The third kappa shape index (κ3) is 3.48. The van der Waals surface area contributed by atoms with E-state index in [-0.39, 0.29) is 12.6 Å². The number of benzene rings is 1. The smallest absolute Gasteiger partial charge is 0.0599 e. The number of nitrogens with zero attached hydrogens (tertiary/aromatic N) is 2. The van der Waals surface area contributed by atoms with Gasteiger partial charge in [0.05, 0.1) is 6.61 Å². The molecule has 3 nitrogen and oxygen atoms in total. The second-order valence-electron chi connectivity index (χ2n) is 4.90. The van der Waals surface area contributed by atoms with Gasteiger partial charge >= 0.3 is 0 Å². The Balaban J connectivity index is 1.92. The molecular weight excluding hydrogens is 244 g/mol. The van der Waals surface area contributed by atoms with Crippen molar-refractivity contribution in [3.05, 3.63) is 29.8 Å². The number of aliphatic hydroxyl groups excluding tert-OH is 1. The largest absolute Gasteiger partial charge is 0.395 e. The minimum absolute atomic E-state index is 0.248. The second-order valence-corrected chi connectivity index (χ2v) is 5.78. The van der Waals surface area contributed by atoms with Crippen molar-refractivity contribution in [2.24, 2.45) is 0 Å². The summed E-state index contributed by atoms with van der Waals surface area (Å²) in [5.41, 5.74) is 1.36. The fourth-order valence-corrected chi connectivity index (χ4v) is 2.75. The van der Waals surface area contributed by atoms with Crippen molar-refractivity contribution >= 4 is 11.8 Å². The lowest BCUT2D eigenvalue weighted by molar-refractivity contribution is 0.0540. The Kier molecular flexibility index (Phi) is 5.06. The van der Waals surface area contributed by atoms with E-state index in [2.05, 4.69) is 47.4 Å². The number of hydrogen-bond acceptors (Lipinski definition) is 4. The fourth-order valence-electron chi connectivity index (χ4n) is 2.34. The van der Waals surface area contributed by atoms with Gasteiger partial charge in [0.2, 0.25) is 0 Å². The van der Waals surface area contributed by atoms with Gasteiger partial charge in [-0.25, -0.2) is 0 Å². The SMILES string of the molecule is CSc1ccc(CN2CCN(C)[C@@H](CO)C2)cc1. The summed E-state index contributed by atoms with van der Waals surface area (Å²) in [5.74, 6) is 0. The van der Waals surface area contributed by atoms with E-state index >= 15 is 0 Å². The molecule has 0 radical (unpaired) electrons. The zero-order valence-electron chi connectivity index (χ0n) is 11.2. The van der Waals surface area contributed by atoms with Gasteiger partial charge in [-0.15, -0.1) is 11.8 Å². The first kappa shape index (κ1) is 13.9. The Labute approximate surface area is 114 Å². The molecular formula is C14H22N2OS. The van der Waals surface area contributed by atoms with E-state index in [0.717, 1.165) is 26.2 Å². The van der Waals surface area contributed by atoms with Crippen LogP contribution >= 0.6 is 11.8 Å². The summed E-state index contributed by atoms with van der Waals surface area (Å²) in [7, 11) is 2.09. The summed E-state index contributed by atoms with van der Waals surface area (Å²) in [6, 6.07) is 9.05. The van der Waals surface area contributed by atoms with Crippen molar-refractivity contribution in [1.82, 2.24) is 9.80 Å². The van der Waals surface area contributed by atoms with Crippen molar-refractivity contribution in [2.75, 3.05) is 39.5 Å². The zero-order valence-corrected chi connectivity index (χ0v) is 12.0. The maximum absolute atomic E-state index is 9.34. The summed E-state index contributed by atoms with van der Waals surface area (Å²) in [4.78, 5) is 5.98. The average Bonchev–Trinajstić information content (AvgIpc) is 2.42. The van der Waals surface area contributed by atoms with E-state index in [9.17, 15) is 5.11 Å². The summed E-state index contributed by atoms with van der Waals surface area (Å²) in [6.45, 7) is 4.31. The van der Waals surface area contributed by atoms with Crippen LogP contribution in [0.3, 0.4) is 0 Å². The Morgan fingerprint density at radius 2 is 2.00 bits per heavy atom. The van der Waals surface area contributed by atoms with Crippen LogP contribution in [0.5, 0.6) is 0 Å². The van der Waals surface area contributed by atoms with Gasteiger partial charge in [-0.1, -0.05) is 12.1 Å². The van der Waals surface area contributed by atoms with Crippen LogP contribution in [0.15, 0.2) is 29.2 Å². The average molecular weight is 266 g/mol. The molecule has 1 atom stereocenters. The molecule has 0 amide bonds. The number of hydrogen-bond donors (Lipinski definition) is 1. The standard InChI is InChI=1S/C14H22N2OS/c1-15-7-8-16(10-13(15)11-17)9-12-3-5-14(18-2)6-4-12/h3-6,13,17H,7-11H2,1-2H3/t13-/m1/s1. The molecule has 0 unspecified atom stereocenters. The molecule has 0 spiro atoms. The highest BCUT2D eigenvalue weighted by Gasteiger charge is 2.23. The van der Waals surface area contributed by atoms with Gasteiger partial charge < -0.3 is 5.11 Å². The summed E-state index contributed by atoms with van der Waals surface area (Å²) in [5, 5.41) is 9.34. The summed E-state index contributed by atoms with van der Waals surface area (Å²) in [6.07, 6.45) is 2.10. The highest BCUT2D eigenvalue weighted by Crippen LogP contribution is 2.17. The minimum atomic E-state index is 0.248. The van der Waals surface area contributed by atoms with Gasteiger partial charge in [0.15, 0.2) is 0 Å². The van der Waals surface area contributed by atoms with E-state index in [1.165, 1.54) is 10.5 Å². The van der Waals surface area contributed by atoms with E-state index in [4.69, 9.17) is 0 Å². The molecule has 0 aliphatic carbocycles. The van der Waals surface area contributed by atoms with Crippen molar-refractivity contribution in [1.29, 1.82) is 0 Å². The lowest BCUT2D eigenvalue weighted by atomic mass is 10.1. The molecule has 1 N–H and O–H groups in total. The van der Waals surface area contributed by atoms with Crippen molar-refractivity contribution in [3.63, 3.8) is 0 Å². The maximum atomic E-state index is 9.34. The molecule has 2 rings (SSSR count). The number of thioether (sulfide) groups is 1. The topological polar surface area (TPSA) is 26.7 Å².